The third kappa shape index (κ3) is 3.93. The molecule has 1 aromatic heterocycles. The van der Waals surface area contributed by atoms with Crippen molar-refractivity contribution in [1.82, 2.24) is 9.97 Å². The van der Waals surface area contributed by atoms with E-state index in [0.717, 1.165) is 38.7 Å². The predicted molar refractivity (Wildman–Crippen MR) is 134 cm³/mol. The van der Waals surface area contributed by atoms with E-state index in [2.05, 4.69) is 16.0 Å². The summed E-state index contributed by atoms with van der Waals surface area (Å²) in [5.41, 5.74) is 4.95. The Labute approximate surface area is 200 Å². The maximum atomic E-state index is 11.5. The van der Waals surface area contributed by atoms with Gasteiger partial charge in [-0.2, -0.15) is 4.98 Å². The second-order valence-corrected chi connectivity index (χ2v) is 8.55. The van der Waals surface area contributed by atoms with Crippen LogP contribution in [0.4, 0.5) is 0 Å². The normalized spacial score (nSPS) is 11.2. The zero-order chi connectivity index (χ0) is 24.0. The average Bonchev–Trinajstić information content (AvgIpc) is 3.20. The molecule has 0 aliphatic rings. The lowest BCUT2D eigenvalue weighted by Crippen LogP contribution is -2.02. The molecule has 6 nitrogen and oxygen atoms in total. The number of aromatic amines is 1. The van der Waals surface area contributed by atoms with Crippen molar-refractivity contribution in [3.05, 3.63) is 82.4 Å². The van der Waals surface area contributed by atoms with Gasteiger partial charge < -0.3 is 19.6 Å². The molecule has 0 unspecified atom stereocenters. The number of hydrogen-bond acceptors (Lipinski definition) is 4. The number of fused-ring (bicyclic) bond motifs is 2. The molecule has 7 heteroatoms. The number of methoxy groups -OCH3 is 1. The molecule has 1 heterocycles. The van der Waals surface area contributed by atoms with E-state index >= 15 is 0 Å². The summed E-state index contributed by atoms with van der Waals surface area (Å²) in [5, 5.41) is 12.2. The van der Waals surface area contributed by atoms with Crippen LogP contribution in [0.3, 0.4) is 0 Å². The first-order valence-corrected chi connectivity index (χ1v) is 11.0. The summed E-state index contributed by atoms with van der Waals surface area (Å²) in [6.07, 6.45) is 0. The van der Waals surface area contributed by atoms with E-state index in [1.54, 1.807) is 20.1 Å². The van der Waals surface area contributed by atoms with Crippen LogP contribution in [0.2, 0.25) is 5.02 Å². The van der Waals surface area contributed by atoms with Crippen molar-refractivity contribution in [3.63, 3.8) is 0 Å². The van der Waals surface area contributed by atoms with Crippen LogP contribution >= 0.6 is 11.6 Å². The van der Waals surface area contributed by atoms with E-state index in [-0.39, 0.29) is 11.6 Å². The Hall–Kier alpha value is -4.03. The third-order valence-corrected chi connectivity index (χ3v) is 6.31. The second-order valence-electron chi connectivity index (χ2n) is 8.14. The van der Waals surface area contributed by atoms with Gasteiger partial charge >= 0.3 is 5.97 Å². The van der Waals surface area contributed by atoms with Gasteiger partial charge in [0.2, 0.25) is 0 Å². The number of H-pyrrole nitrogens is 1. The van der Waals surface area contributed by atoms with Crippen molar-refractivity contribution in [2.45, 2.75) is 13.8 Å². The Morgan fingerprint density at radius 2 is 1.74 bits per heavy atom. The van der Waals surface area contributed by atoms with E-state index in [1.807, 2.05) is 49.4 Å². The van der Waals surface area contributed by atoms with E-state index in [0.29, 0.717) is 21.9 Å². The molecule has 0 amide bonds. The molecule has 5 rings (SSSR count). The largest absolute Gasteiger partial charge is 0.497 e. The Bertz CT molecular complexity index is 1590. The van der Waals surface area contributed by atoms with Crippen molar-refractivity contribution in [2.24, 2.45) is 0 Å². The Balaban J connectivity index is 1.51. The fraction of sp³-hybridized carbons (Fsp3) is 0.111. The lowest BCUT2D eigenvalue weighted by atomic mass is 10.0. The van der Waals surface area contributed by atoms with E-state index in [1.165, 1.54) is 6.07 Å². The highest BCUT2D eigenvalue weighted by Gasteiger charge is 2.15. The van der Waals surface area contributed by atoms with Crippen LogP contribution < -0.4 is 9.47 Å². The van der Waals surface area contributed by atoms with Gasteiger partial charge in [-0.15, -0.1) is 0 Å². The molecule has 2 N–H and O–H groups in total. The minimum atomic E-state index is -0.999. The number of rotatable bonds is 5. The van der Waals surface area contributed by atoms with Crippen LogP contribution in [0.1, 0.15) is 21.5 Å². The molecule has 4 aromatic carbocycles. The number of nitrogens with zero attached hydrogens (tertiary/aromatic N) is 1. The van der Waals surface area contributed by atoms with Gasteiger partial charge in [0, 0.05) is 5.56 Å². The number of halogens is 1. The molecule has 170 valence electrons. The highest BCUT2D eigenvalue weighted by Crippen LogP contribution is 2.35. The fourth-order valence-corrected chi connectivity index (χ4v) is 4.29. The molecule has 0 spiro atoms. The van der Waals surface area contributed by atoms with Crippen molar-refractivity contribution in [1.29, 1.82) is 0 Å². The van der Waals surface area contributed by atoms with Crippen LogP contribution in [0, 0.1) is 13.8 Å². The topological polar surface area (TPSA) is 84.4 Å². The van der Waals surface area contributed by atoms with Crippen molar-refractivity contribution < 1.29 is 19.4 Å². The summed E-state index contributed by atoms with van der Waals surface area (Å²) in [6.45, 7) is 3.62. The second kappa shape index (κ2) is 8.39. The van der Waals surface area contributed by atoms with Crippen LogP contribution in [0.15, 0.2) is 60.7 Å². The van der Waals surface area contributed by atoms with Gasteiger partial charge in [0.05, 0.1) is 28.7 Å². The van der Waals surface area contributed by atoms with Gasteiger partial charge in [0.15, 0.2) is 0 Å². The molecule has 34 heavy (non-hydrogen) atoms. The summed E-state index contributed by atoms with van der Waals surface area (Å²) in [7, 11) is 1.65. The minimum absolute atomic E-state index is 0.199. The molecule has 0 atom stereocenters. The molecular formula is C27H21ClN2O4. The first kappa shape index (κ1) is 21.8. The van der Waals surface area contributed by atoms with Crippen LogP contribution in [0.25, 0.3) is 32.9 Å². The molecule has 0 aliphatic heterocycles. The van der Waals surface area contributed by atoms with E-state index < -0.39 is 5.97 Å². The lowest BCUT2D eigenvalue weighted by Gasteiger charge is -2.08. The highest BCUT2D eigenvalue weighted by atomic mass is 35.5. The molecule has 0 fully saturated rings. The highest BCUT2D eigenvalue weighted by molar-refractivity contribution is 6.34. The van der Waals surface area contributed by atoms with Gasteiger partial charge in [-0.25, -0.2) is 4.79 Å². The van der Waals surface area contributed by atoms with Gasteiger partial charge in [-0.3, -0.25) is 0 Å². The number of hydrogen-bond donors (Lipinski definition) is 2. The average molecular weight is 473 g/mol. The summed E-state index contributed by atoms with van der Waals surface area (Å²) < 4.78 is 11.2. The smallest absolute Gasteiger partial charge is 0.336 e. The van der Waals surface area contributed by atoms with Crippen molar-refractivity contribution in [3.8, 4) is 28.6 Å². The summed E-state index contributed by atoms with van der Waals surface area (Å²) in [6, 6.07) is 19.3. The van der Waals surface area contributed by atoms with Gasteiger partial charge in [-0.05, 0) is 83.8 Å². The maximum Gasteiger partial charge on any atom is 0.336 e. The number of carbonyl (C=O) groups is 1. The summed E-state index contributed by atoms with van der Waals surface area (Å²) in [4.78, 5) is 19.2. The monoisotopic (exact) mass is 472 g/mol. The minimum Gasteiger partial charge on any atom is -0.497 e. The number of benzene rings is 4. The summed E-state index contributed by atoms with van der Waals surface area (Å²) in [5.74, 6) is 0.208. The zero-order valence-corrected chi connectivity index (χ0v) is 19.5. The van der Waals surface area contributed by atoms with Crippen molar-refractivity contribution >= 4 is 39.4 Å². The molecule has 0 saturated heterocycles. The Morgan fingerprint density at radius 3 is 2.50 bits per heavy atom. The standard InChI is InChI=1S/C27H21ClN2O4/c1-14-8-20(11-21(15(14)2)26(31)32)34-27-29-24-12-22(23(28)13-25(24)30-27)18-5-4-17-10-19(33-3)7-6-16(17)9-18/h4-13H,1-3H3,(H,29,30)(H,31,32). The van der Waals surface area contributed by atoms with Crippen LogP contribution in [-0.2, 0) is 0 Å². The Morgan fingerprint density at radius 1 is 0.971 bits per heavy atom. The number of aromatic carboxylic acids is 1. The zero-order valence-electron chi connectivity index (χ0n) is 18.8. The van der Waals surface area contributed by atoms with Gasteiger partial charge in [0.1, 0.15) is 11.5 Å². The molecule has 0 saturated carbocycles. The molecule has 0 bridgehead atoms. The molecule has 0 radical (unpaired) electrons. The maximum absolute atomic E-state index is 11.5. The van der Waals surface area contributed by atoms with Gasteiger partial charge in [0.25, 0.3) is 6.01 Å². The fourth-order valence-electron chi connectivity index (χ4n) is 4.01. The van der Waals surface area contributed by atoms with E-state index in [9.17, 15) is 9.90 Å². The lowest BCUT2D eigenvalue weighted by molar-refractivity contribution is 0.0695. The Kier molecular flexibility index (Phi) is 5.38. The van der Waals surface area contributed by atoms with Gasteiger partial charge in [-0.1, -0.05) is 29.8 Å². The summed E-state index contributed by atoms with van der Waals surface area (Å²) >= 11 is 6.63. The number of carboxylic acids is 1. The first-order chi connectivity index (χ1) is 16.3. The predicted octanol–water partition coefficient (Wildman–Crippen LogP) is 7.15. The van der Waals surface area contributed by atoms with Crippen molar-refractivity contribution in [2.75, 3.05) is 7.11 Å². The molecule has 5 aromatic rings. The SMILES string of the molecule is COc1ccc2cc(-c3cc4nc(Oc5cc(C)c(C)c(C(=O)O)c5)[nH]c4cc3Cl)ccc2c1. The number of imidazole rings is 1. The number of aryl methyl sites for hydroxylation is 1. The molecule has 0 aliphatic carbocycles. The quantitative estimate of drug-likeness (QED) is 0.283. The molecular weight excluding hydrogens is 452 g/mol. The number of carboxylic acid groups (broad SMARTS) is 1. The number of nitrogens with one attached hydrogen (secondary N) is 1. The van der Waals surface area contributed by atoms with Crippen LogP contribution in [0.5, 0.6) is 17.5 Å². The van der Waals surface area contributed by atoms with E-state index in [4.69, 9.17) is 21.1 Å². The number of ether oxygens (including phenoxy) is 2. The first-order valence-electron chi connectivity index (χ1n) is 10.6. The third-order valence-electron chi connectivity index (χ3n) is 5.99. The van der Waals surface area contributed by atoms with Crippen LogP contribution in [-0.4, -0.2) is 28.2 Å². The number of aromatic nitrogens is 2.